The molecule has 0 N–H and O–H groups in total. The van der Waals surface area contributed by atoms with Crippen molar-refractivity contribution >= 4 is 27.2 Å². The summed E-state index contributed by atoms with van der Waals surface area (Å²) in [6.07, 6.45) is 0. The van der Waals surface area contributed by atoms with Crippen molar-refractivity contribution in [2.75, 3.05) is 26.3 Å². The van der Waals surface area contributed by atoms with E-state index in [9.17, 15) is 10.1 Å². The number of morpholine rings is 1. The van der Waals surface area contributed by atoms with Gasteiger partial charge >= 0.3 is 5.69 Å². The van der Waals surface area contributed by atoms with Crippen LogP contribution in [-0.4, -0.2) is 46.1 Å². The Balaban J connectivity index is 1.78. The number of aromatic nitrogens is 2. The molecule has 3 aromatic rings. The first kappa shape index (κ1) is 19.7. The molecule has 1 aliphatic heterocycles. The first-order chi connectivity index (χ1) is 13.9. The van der Waals surface area contributed by atoms with Crippen molar-refractivity contribution in [3.05, 3.63) is 50.1 Å². The highest BCUT2D eigenvalue weighted by atomic mass is 32.1. The predicted molar refractivity (Wildman–Crippen MR) is 111 cm³/mol. The second kappa shape index (κ2) is 8.02. The number of nitro benzene ring substituents is 1. The van der Waals surface area contributed by atoms with Gasteiger partial charge in [-0.05, 0) is 38.0 Å². The van der Waals surface area contributed by atoms with Crippen LogP contribution in [0.2, 0.25) is 0 Å². The Morgan fingerprint density at radius 2 is 2.00 bits per heavy atom. The molecular weight excluding hydrogens is 392 g/mol. The summed E-state index contributed by atoms with van der Waals surface area (Å²) in [5.74, 6) is 1.20. The van der Waals surface area contributed by atoms with Gasteiger partial charge in [0.05, 0.1) is 30.1 Å². The Morgan fingerprint density at radius 1 is 1.24 bits per heavy atom. The van der Waals surface area contributed by atoms with E-state index in [4.69, 9.17) is 14.5 Å². The Hall–Kier alpha value is -2.62. The molecule has 1 fully saturated rings. The number of aryl methyl sites for hydroxylation is 3. The number of fused-ring (bicyclic) bond motifs is 1. The summed E-state index contributed by atoms with van der Waals surface area (Å²) in [6, 6.07) is 4.83. The molecule has 9 heteroatoms. The lowest BCUT2D eigenvalue weighted by atomic mass is 10.2. The van der Waals surface area contributed by atoms with Gasteiger partial charge in [-0.15, -0.1) is 11.3 Å². The standard InChI is InChI=1S/C20H22N4O4S/c1-12-4-5-15(24(25)26)16(10-12)28-19-18-13(2)14(3)29-20(18)22-17(21-19)11-23-6-8-27-9-7-23/h4-5,10H,6-9,11H2,1-3H3. The largest absolute Gasteiger partial charge is 0.431 e. The maximum absolute atomic E-state index is 11.5. The average molecular weight is 414 g/mol. The molecule has 0 atom stereocenters. The van der Waals surface area contributed by atoms with Crippen molar-refractivity contribution in [1.29, 1.82) is 0 Å². The highest BCUT2D eigenvalue weighted by molar-refractivity contribution is 7.18. The summed E-state index contributed by atoms with van der Waals surface area (Å²) in [5, 5.41) is 12.3. The fraction of sp³-hybridized carbons (Fsp3) is 0.400. The lowest BCUT2D eigenvalue weighted by molar-refractivity contribution is -0.385. The smallest absolute Gasteiger partial charge is 0.311 e. The third kappa shape index (κ3) is 4.07. The minimum absolute atomic E-state index is 0.0818. The fourth-order valence-corrected chi connectivity index (χ4v) is 4.36. The van der Waals surface area contributed by atoms with E-state index in [2.05, 4.69) is 9.88 Å². The van der Waals surface area contributed by atoms with Crippen LogP contribution in [0.3, 0.4) is 0 Å². The van der Waals surface area contributed by atoms with E-state index in [0.717, 1.165) is 39.3 Å². The molecule has 4 rings (SSSR count). The number of hydrogen-bond acceptors (Lipinski definition) is 8. The Morgan fingerprint density at radius 3 is 2.72 bits per heavy atom. The topological polar surface area (TPSA) is 90.6 Å². The number of benzene rings is 1. The summed E-state index contributed by atoms with van der Waals surface area (Å²) >= 11 is 1.59. The molecule has 2 aromatic heterocycles. The minimum Gasteiger partial charge on any atom is -0.431 e. The monoisotopic (exact) mass is 414 g/mol. The molecule has 152 valence electrons. The van der Waals surface area contributed by atoms with Crippen molar-refractivity contribution in [2.45, 2.75) is 27.3 Å². The van der Waals surface area contributed by atoms with Crippen molar-refractivity contribution in [2.24, 2.45) is 0 Å². The predicted octanol–water partition coefficient (Wildman–Crippen LogP) is 4.15. The summed E-state index contributed by atoms with van der Waals surface area (Å²) in [4.78, 5) is 24.6. The number of thiophene rings is 1. The molecule has 29 heavy (non-hydrogen) atoms. The van der Waals surface area contributed by atoms with Crippen LogP contribution in [0.5, 0.6) is 11.6 Å². The number of nitrogens with zero attached hydrogens (tertiary/aromatic N) is 4. The van der Waals surface area contributed by atoms with Crippen LogP contribution in [0, 0.1) is 30.9 Å². The van der Waals surface area contributed by atoms with Gasteiger partial charge < -0.3 is 9.47 Å². The molecule has 0 radical (unpaired) electrons. The van der Waals surface area contributed by atoms with Crippen molar-refractivity contribution in [3.63, 3.8) is 0 Å². The van der Waals surface area contributed by atoms with Gasteiger partial charge in [0, 0.05) is 24.0 Å². The van der Waals surface area contributed by atoms with Gasteiger partial charge in [-0.25, -0.2) is 4.98 Å². The molecule has 1 saturated heterocycles. The van der Waals surface area contributed by atoms with E-state index in [0.29, 0.717) is 31.5 Å². The van der Waals surface area contributed by atoms with E-state index in [1.54, 1.807) is 23.5 Å². The highest BCUT2D eigenvalue weighted by Crippen LogP contribution is 2.39. The van der Waals surface area contributed by atoms with Crippen LogP contribution in [0.25, 0.3) is 10.2 Å². The fourth-order valence-electron chi connectivity index (χ4n) is 3.32. The normalized spacial score (nSPS) is 15.0. The molecule has 0 spiro atoms. The third-order valence-electron chi connectivity index (χ3n) is 5.03. The van der Waals surface area contributed by atoms with Crippen molar-refractivity contribution < 1.29 is 14.4 Å². The lowest BCUT2D eigenvalue weighted by Gasteiger charge is -2.25. The molecule has 1 aliphatic rings. The summed E-state index contributed by atoms with van der Waals surface area (Å²) in [7, 11) is 0. The molecule has 0 unspecified atom stereocenters. The van der Waals surface area contributed by atoms with Crippen molar-refractivity contribution in [3.8, 4) is 11.6 Å². The van der Waals surface area contributed by atoms with Gasteiger partial charge in [0.2, 0.25) is 11.6 Å². The lowest BCUT2D eigenvalue weighted by Crippen LogP contribution is -2.36. The Bertz CT molecular complexity index is 1080. The summed E-state index contributed by atoms with van der Waals surface area (Å²) < 4.78 is 11.5. The van der Waals surface area contributed by atoms with Gasteiger partial charge in [-0.1, -0.05) is 6.07 Å². The molecule has 1 aromatic carbocycles. The van der Waals surface area contributed by atoms with Gasteiger partial charge in [0.15, 0.2) is 0 Å². The van der Waals surface area contributed by atoms with Gasteiger partial charge in [0.1, 0.15) is 10.7 Å². The van der Waals surface area contributed by atoms with Crippen LogP contribution in [0.4, 0.5) is 5.69 Å². The van der Waals surface area contributed by atoms with E-state index in [1.807, 2.05) is 20.8 Å². The third-order valence-corrected chi connectivity index (χ3v) is 6.13. The molecule has 0 saturated carbocycles. The second-order valence-corrected chi connectivity index (χ2v) is 8.33. The van der Waals surface area contributed by atoms with E-state index in [-0.39, 0.29) is 11.4 Å². The van der Waals surface area contributed by atoms with E-state index < -0.39 is 4.92 Å². The zero-order chi connectivity index (χ0) is 20.5. The molecule has 3 heterocycles. The molecule has 8 nitrogen and oxygen atoms in total. The van der Waals surface area contributed by atoms with Crippen LogP contribution >= 0.6 is 11.3 Å². The molecular formula is C20H22N4O4S. The van der Waals surface area contributed by atoms with Gasteiger partial charge in [-0.3, -0.25) is 15.0 Å². The molecule has 0 amide bonds. The van der Waals surface area contributed by atoms with Gasteiger partial charge in [-0.2, -0.15) is 4.98 Å². The summed E-state index contributed by atoms with van der Waals surface area (Å²) in [5.41, 5.74) is 1.83. The maximum Gasteiger partial charge on any atom is 0.311 e. The SMILES string of the molecule is Cc1ccc([N+](=O)[O-])c(Oc2nc(CN3CCOCC3)nc3sc(C)c(C)c23)c1. The molecule has 0 bridgehead atoms. The van der Waals surface area contributed by atoms with Crippen LogP contribution in [0.15, 0.2) is 18.2 Å². The number of rotatable bonds is 5. The first-order valence-corrected chi connectivity index (χ1v) is 10.2. The zero-order valence-electron chi connectivity index (χ0n) is 16.6. The number of hydrogen-bond donors (Lipinski definition) is 0. The van der Waals surface area contributed by atoms with E-state index >= 15 is 0 Å². The van der Waals surface area contributed by atoms with E-state index in [1.165, 1.54) is 6.07 Å². The Kier molecular flexibility index (Phi) is 5.44. The van der Waals surface area contributed by atoms with Gasteiger partial charge in [0.25, 0.3) is 0 Å². The first-order valence-electron chi connectivity index (χ1n) is 9.42. The van der Waals surface area contributed by atoms with Crippen LogP contribution in [0.1, 0.15) is 21.8 Å². The van der Waals surface area contributed by atoms with Crippen molar-refractivity contribution in [1.82, 2.24) is 14.9 Å². The number of ether oxygens (including phenoxy) is 2. The van der Waals surface area contributed by atoms with Crippen LogP contribution in [-0.2, 0) is 11.3 Å². The highest BCUT2D eigenvalue weighted by Gasteiger charge is 2.22. The Labute approximate surface area is 172 Å². The second-order valence-electron chi connectivity index (χ2n) is 7.13. The molecule has 0 aliphatic carbocycles. The minimum atomic E-state index is -0.437. The van der Waals surface area contributed by atoms with Crippen LogP contribution < -0.4 is 4.74 Å². The summed E-state index contributed by atoms with van der Waals surface area (Å²) in [6.45, 7) is 9.51. The average Bonchev–Trinajstić information content (AvgIpc) is 2.96. The number of nitro groups is 1. The quantitative estimate of drug-likeness (QED) is 0.457. The zero-order valence-corrected chi connectivity index (χ0v) is 17.4. The maximum atomic E-state index is 11.5.